The number of aryl methyl sites for hydroxylation is 1. The lowest BCUT2D eigenvalue weighted by molar-refractivity contribution is -0.148. The predicted octanol–water partition coefficient (Wildman–Crippen LogP) is 2.85. The molecule has 0 spiro atoms. The van der Waals surface area contributed by atoms with Gasteiger partial charge in [0.25, 0.3) is 0 Å². The van der Waals surface area contributed by atoms with Crippen LogP contribution < -0.4 is 5.32 Å². The van der Waals surface area contributed by atoms with Crippen molar-refractivity contribution in [2.75, 3.05) is 0 Å². The molecule has 0 aliphatic heterocycles. The molecule has 5 aliphatic rings. The summed E-state index contributed by atoms with van der Waals surface area (Å²) in [5.74, 6) is 2.08. The van der Waals surface area contributed by atoms with Crippen LogP contribution in [0.4, 0.5) is 0 Å². The molecule has 6 rings (SSSR count). The topological polar surface area (TPSA) is 49.3 Å². The molecule has 1 aromatic rings. The van der Waals surface area contributed by atoms with Crippen LogP contribution in [0.5, 0.6) is 0 Å². The zero-order chi connectivity index (χ0) is 16.3. The van der Waals surface area contributed by atoms with Gasteiger partial charge in [0.1, 0.15) is 0 Å². The van der Waals surface area contributed by atoms with Gasteiger partial charge in [-0.2, -0.15) is 0 Å². The number of benzene rings is 1. The molecule has 2 unspecified atom stereocenters. The van der Waals surface area contributed by atoms with Crippen molar-refractivity contribution in [3.05, 3.63) is 35.4 Å². The Balaban J connectivity index is 1.28. The highest BCUT2D eigenvalue weighted by Gasteiger charge is 2.55. The van der Waals surface area contributed by atoms with Gasteiger partial charge in [0.2, 0.25) is 5.91 Å². The summed E-state index contributed by atoms with van der Waals surface area (Å²) in [5.41, 5.74) is 2.35. The summed E-state index contributed by atoms with van der Waals surface area (Å²) in [7, 11) is 0. The molecule has 5 aliphatic carbocycles. The number of carbonyl (C=O) groups excluding carboxylic acids is 1. The largest absolute Gasteiger partial charge is 0.390 e. The van der Waals surface area contributed by atoms with Crippen LogP contribution in [-0.2, 0) is 17.6 Å². The molecule has 0 saturated heterocycles. The average Bonchev–Trinajstić information content (AvgIpc) is 2.56. The van der Waals surface area contributed by atoms with E-state index in [0.29, 0.717) is 23.8 Å². The Morgan fingerprint density at radius 1 is 1.08 bits per heavy atom. The molecule has 0 radical (unpaired) electrons. The fourth-order valence-corrected chi connectivity index (χ4v) is 6.42. The Bertz CT molecular complexity index is 654. The van der Waals surface area contributed by atoms with E-state index in [1.807, 2.05) is 0 Å². The summed E-state index contributed by atoms with van der Waals surface area (Å²) in [6, 6.07) is 8.86. The molecule has 0 heterocycles. The fourth-order valence-electron chi connectivity index (χ4n) is 6.42. The monoisotopic (exact) mass is 325 g/mol. The maximum Gasteiger partial charge on any atom is 0.223 e. The van der Waals surface area contributed by atoms with Crippen LogP contribution >= 0.6 is 0 Å². The molecule has 3 nitrogen and oxygen atoms in total. The maximum absolute atomic E-state index is 12.9. The maximum atomic E-state index is 12.9. The summed E-state index contributed by atoms with van der Waals surface area (Å²) >= 11 is 0. The van der Waals surface area contributed by atoms with Crippen LogP contribution in [0.3, 0.4) is 0 Å². The van der Waals surface area contributed by atoms with Crippen molar-refractivity contribution in [2.24, 2.45) is 23.7 Å². The molecule has 0 aromatic heterocycles. The number of carbonyl (C=O) groups is 1. The van der Waals surface area contributed by atoms with Crippen molar-refractivity contribution in [2.45, 2.75) is 63.0 Å². The van der Waals surface area contributed by atoms with Gasteiger partial charge in [0.15, 0.2) is 0 Å². The van der Waals surface area contributed by atoms with E-state index in [4.69, 9.17) is 0 Å². The Morgan fingerprint density at radius 2 is 1.79 bits per heavy atom. The second-order valence-electron chi connectivity index (χ2n) is 8.94. The van der Waals surface area contributed by atoms with Gasteiger partial charge < -0.3 is 10.4 Å². The Hall–Kier alpha value is -1.35. The molecular weight excluding hydrogens is 298 g/mol. The Labute approximate surface area is 143 Å². The van der Waals surface area contributed by atoms with Crippen molar-refractivity contribution in [1.29, 1.82) is 0 Å². The minimum absolute atomic E-state index is 0.125. The first kappa shape index (κ1) is 14.9. The molecule has 1 amide bonds. The summed E-state index contributed by atoms with van der Waals surface area (Å²) in [4.78, 5) is 12.9. The Kier molecular flexibility index (Phi) is 3.31. The molecule has 4 bridgehead atoms. The number of hydrogen-bond acceptors (Lipinski definition) is 2. The molecule has 2 N–H and O–H groups in total. The molecule has 4 saturated carbocycles. The lowest BCUT2D eigenvalue weighted by Crippen LogP contribution is -2.62. The number of fused-ring (bicyclic) bond motifs is 1. The van der Waals surface area contributed by atoms with E-state index >= 15 is 0 Å². The highest BCUT2D eigenvalue weighted by Crippen LogP contribution is 2.55. The Morgan fingerprint density at radius 3 is 2.50 bits per heavy atom. The molecule has 6 atom stereocenters. The van der Waals surface area contributed by atoms with Crippen LogP contribution in [0.1, 0.15) is 49.7 Å². The molecule has 128 valence electrons. The molecule has 24 heavy (non-hydrogen) atoms. The summed E-state index contributed by atoms with van der Waals surface area (Å²) < 4.78 is 0. The number of aliphatic hydroxyl groups is 1. The SMILES string of the molecule is O=C(N[C@H]1[C@@H]2CC3C[C@H]1C[C@](O)(C3)C2)C1CCc2ccccc2C1. The summed E-state index contributed by atoms with van der Waals surface area (Å²) in [6.07, 6.45) is 8.09. The van der Waals surface area contributed by atoms with Crippen LogP contribution in [-0.4, -0.2) is 22.7 Å². The summed E-state index contributed by atoms with van der Waals surface area (Å²) in [6.45, 7) is 0. The van der Waals surface area contributed by atoms with Gasteiger partial charge in [-0.3, -0.25) is 4.79 Å². The normalized spacial score (nSPS) is 42.6. The molecule has 1 aromatic carbocycles. The molecule has 4 fully saturated rings. The van der Waals surface area contributed by atoms with Crippen molar-refractivity contribution in [3.8, 4) is 0 Å². The zero-order valence-electron chi connectivity index (χ0n) is 14.2. The zero-order valence-corrected chi connectivity index (χ0v) is 14.2. The van der Waals surface area contributed by atoms with Gasteiger partial charge in [-0.15, -0.1) is 0 Å². The van der Waals surface area contributed by atoms with E-state index in [-0.39, 0.29) is 11.8 Å². The highest BCUT2D eigenvalue weighted by atomic mass is 16.3. The smallest absolute Gasteiger partial charge is 0.223 e. The first-order valence-corrected chi connectivity index (χ1v) is 9.69. The van der Waals surface area contributed by atoms with Gasteiger partial charge >= 0.3 is 0 Å². The van der Waals surface area contributed by atoms with Crippen LogP contribution in [0.2, 0.25) is 0 Å². The van der Waals surface area contributed by atoms with Crippen LogP contribution in [0.15, 0.2) is 24.3 Å². The highest BCUT2D eigenvalue weighted by molar-refractivity contribution is 5.79. The van der Waals surface area contributed by atoms with Crippen molar-refractivity contribution in [1.82, 2.24) is 5.32 Å². The number of nitrogens with one attached hydrogen (secondary N) is 1. The third-order valence-corrected chi connectivity index (χ3v) is 7.27. The second kappa shape index (κ2) is 5.32. The first-order valence-electron chi connectivity index (χ1n) is 9.69. The second-order valence-corrected chi connectivity index (χ2v) is 8.94. The van der Waals surface area contributed by atoms with E-state index in [1.165, 1.54) is 24.0 Å². The quantitative estimate of drug-likeness (QED) is 0.878. The first-order chi connectivity index (χ1) is 11.6. The lowest BCUT2D eigenvalue weighted by atomic mass is 9.52. The third kappa shape index (κ3) is 2.40. The molecular formula is C21H27NO2. The van der Waals surface area contributed by atoms with E-state index in [9.17, 15) is 9.90 Å². The van der Waals surface area contributed by atoms with E-state index < -0.39 is 5.60 Å². The van der Waals surface area contributed by atoms with Crippen molar-refractivity contribution in [3.63, 3.8) is 0 Å². The van der Waals surface area contributed by atoms with E-state index in [2.05, 4.69) is 29.6 Å². The van der Waals surface area contributed by atoms with E-state index in [0.717, 1.165) is 38.5 Å². The van der Waals surface area contributed by atoms with E-state index in [1.54, 1.807) is 0 Å². The van der Waals surface area contributed by atoms with Gasteiger partial charge in [-0.05, 0) is 80.2 Å². The van der Waals surface area contributed by atoms with Crippen molar-refractivity contribution >= 4 is 5.91 Å². The lowest BCUT2D eigenvalue weighted by Gasteiger charge is -2.58. The van der Waals surface area contributed by atoms with Gasteiger partial charge in [-0.25, -0.2) is 0 Å². The average molecular weight is 325 g/mol. The summed E-state index contributed by atoms with van der Waals surface area (Å²) in [5, 5.41) is 14.1. The number of rotatable bonds is 2. The van der Waals surface area contributed by atoms with Crippen LogP contribution in [0.25, 0.3) is 0 Å². The van der Waals surface area contributed by atoms with Gasteiger partial charge in [-0.1, -0.05) is 24.3 Å². The number of amides is 1. The minimum Gasteiger partial charge on any atom is -0.390 e. The fraction of sp³-hybridized carbons (Fsp3) is 0.667. The third-order valence-electron chi connectivity index (χ3n) is 7.27. The number of hydrogen-bond donors (Lipinski definition) is 2. The predicted molar refractivity (Wildman–Crippen MR) is 92.4 cm³/mol. The standard InChI is InChI=1S/C21H27NO2/c23-20(16-6-5-14-3-1-2-4-15(14)9-16)22-19-17-7-13-8-18(19)12-21(24,10-13)11-17/h1-4,13,16-19,24H,5-12H2,(H,22,23)/t13?,16?,17-,18+,19+,21+. The van der Waals surface area contributed by atoms with Gasteiger partial charge in [0.05, 0.1) is 5.60 Å². The van der Waals surface area contributed by atoms with Crippen molar-refractivity contribution < 1.29 is 9.90 Å². The van der Waals surface area contributed by atoms with Crippen LogP contribution in [0, 0.1) is 23.7 Å². The minimum atomic E-state index is -0.415. The molecule has 3 heteroatoms. The van der Waals surface area contributed by atoms with Gasteiger partial charge in [0, 0.05) is 12.0 Å².